The number of carbonyl (C=O) groups excluding carboxylic acids is 1. The van der Waals surface area contributed by atoms with Crippen LogP contribution < -0.4 is 14.8 Å². The van der Waals surface area contributed by atoms with Gasteiger partial charge in [-0.3, -0.25) is 4.79 Å². The lowest BCUT2D eigenvalue weighted by Crippen LogP contribution is -2.50. The number of halogens is 3. The number of rotatable bonds is 5. The number of anilines is 1. The molecule has 1 amide bonds. The Balaban J connectivity index is 1.58. The number of aromatic nitrogens is 4. The van der Waals surface area contributed by atoms with Gasteiger partial charge in [-0.25, -0.2) is 9.97 Å². The van der Waals surface area contributed by atoms with Crippen molar-refractivity contribution in [2.75, 3.05) is 5.32 Å². The molecule has 196 valence electrons. The van der Waals surface area contributed by atoms with Gasteiger partial charge < -0.3 is 14.8 Å². The molecule has 12 heteroatoms. The minimum Gasteiger partial charge on any atom is -0.420 e. The van der Waals surface area contributed by atoms with Gasteiger partial charge in [0.25, 0.3) is 0 Å². The molecule has 8 nitrogen and oxygen atoms in total. The van der Waals surface area contributed by atoms with E-state index < -0.39 is 17.2 Å². The van der Waals surface area contributed by atoms with Crippen LogP contribution in [0.3, 0.4) is 0 Å². The molecule has 1 aromatic carbocycles. The number of hydrogen-bond acceptors (Lipinski definition) is 8. The van der Waals surface area contributed by atoms with Crippen LogP contribution in [0, 0.1) is 12.3 Å². The fourth-order valence-corrected chi connectivity index (χ4v) is 4.94. The number of carbonyl (C=O) groups is 1. The summed E-state index contributed by atoms with van der Waals surface area (Å²) >= 11 is 1.21. The standard InChI is InChI=1S/C26H22F3N5O3S/c1-14-5-10-17-20(31-14)36-21-18(25(17,4)24(2,3)22(35)33-23-34-30-13-38-23)11-12-19(32-21)15-6-8-16(9-7-15)37-26(27,28)29/h5-13H,1-4H3,(H,33,34,35). The van der Waals surface area contributed by atoms with E-state index in [4.69, 9.17) is 4.74 Å². The summed E-state index contributed by atoms with van der Waals surface area (Å²) in [5, 5.41) is 10.9. The normalized spacial score (nSPS) is 16.7. The molecule has 0 radical (unpaired) electrons. The van der Waals surface area contributed by atoms with Crippen LogP contribution in [-0.2, 0) is 10.2 Å². The average Bonchev–Trinajstić information content (AvgIpc) is 3.36. The van der Waals surface area contributed by atoms with Gasteiger partial charge in [-0.1, -0.05) is 23.5 Å². The molecule has 1 unspecified atom stereocenters. The van der Waals surface area contributed by atoms with Crippen molar-refractivity contribution in [1.82, 2.24) is 20.2 Å². The maximum atomic E-state index is 13.6. The molecule has 3 aromatic heterocycles. The zero-order valence-corrected chi connectivity index (χ0v) is 21.6. The quantitative estimate of drug-likeness (QED) is 0.318. The molecule has 0 aliphatic carbocycles. The van der Waals surface area contributed by atoms with Gasteiger partial charge in [0.2, 0.25) is 22.8 Å². The summed E-state index contributed by atoms with van der Waals surface area (Å²) in [6.45, 7) is 7.43. The molecule has 4 heterocycles. The Labute approximate surface area is 219 Å². The molecule has 0 fully saturated rings. The Morgan fingerprint density at radius 3 is 2.29 bits per heavy atom. The molecule has 0 saturated heterocycles. The molecule has 1 N–H and O–H groups in total. The Morgan fingerprint density at radius 2 is 1.66 bits per heavy atom. The van der Waals surface area contributed by atoms with Crippen LogP contribution in [0.5, 0.6) is 17.5 Å². The molecule has 5 rings (SSSR count). The number of aryl methyl sites for hydroxylation is 1. The summed E-state index contributed by atoms with van der Waals surface area (Å²) in [5.41, 5.74) is 2.70. The summed E-state index contributed by atoms with van der Waals surface area (Å²) in [7, 11) is 0. The Kier molecular flexibility index (Phi) is 6.09. The topological polar surface area (TPSA) is 99.1 Å². The average molecular weight is 542 g/mol. The minimum absolute atomic E-state index is 0.253. The van der Waals surface area contributed by atoms with Gasteiger partial charge in [-0.2, -0.15) is 0 Å². The number of ether oxygens (including phenoxy) is 2. The number of fused-ring (bicyclic) bond motifs is 2. The van der Waals surface area contributed by atoms with Gasteiger partial charge in [0, 0.05) is 27.8 Å². The lowest BCUT2D eigenvalue weighted by atomic mass is 9.58. The van der Waals surface area contributed by atoms with E-state index >= 15 is 0 Å². The van der Waals surface area contributed by atoms with Gasteiger partial charge >= 0.3 is 6.36 Å². The molecule has 1 aliphatic rings. The lowest BCUT2D eigenvalue weighted by Gasteiger charge is -2.46. The van der Waals surface area contributed by atoms with Gasteiger partial charge in [0.1, 0.15) is 11.3 Å². The third kappa shape index (κ3) is 4.44. The van der Waals surface area contributed by atoms with Crippen LogP contribution in [0.15, 0.2) is 54.0 Å². The second-order valence-corrected chi connectivity index (χ2v) is 10.3. The molecule has 0 bridgehead atoms. The van der Waals surface area contributed by atoms with Gasteiger partial charge in [-0.05, 0) is 64.1 Å². The van der Waals surface area contributed by atoms with Crippen LogP contribution in [0.1, 0.15) is 37.6 Å². The van der Waals surface area contributed by atoms with Crippen molar-refractivity contribution in [3.8, 4) is 28.8 Å². The highest BCUT2D eigenvalue weighted by molar-refractivity contribution is 7.13. The monoisotopic (exact) mass is 541 g/mol. The summed E-state index contributed by atoms with van der Waals surface area (Å²) in [6, 6.07) is 12.7. The van der Waals surface area contributed by atoms with Crippen LogP contribution >= 0.6 is 11.3 Å². The molecule has 1 atom stereocenters. The van der Waals surface area contributed by atoms with E-state index in [-0.39, 0.29) is 17.5 Å². The smallest absolute Gasteiger partial charge is 0.420 e. The molecule has 38 heavy (non-hydrogen) atoms. The number of nitrogens with zero attached hydrogens (tertiary/aromatic N) is 4. The molecule has 4 aromatic rings. The van der Waals surface area contributed by atoms with Crippen molar-refractivity contribution in [2.24, 2.45) is 5.41 Å². The summed E-state index contributed by atoms with van der Waals surface area (Å²) < 4.78 is 47.7. The van der Waals surface area contributed by atoms with E-state index in [1.54, 1.807) is 6.07 Å². The van der Waals surface area contributed by atoms with Crippen molar-refractivity contribution < 1.29 is 27.4 Å². The number of alkyl halides is 3. The van der Waals surface area contributed by atoms with E-state index in [0.717, 1.165) is 11.3 Å². The zero-order valence-electron chi connectivity index (χ0n) is 20.8. The molecule has 1 aliphatic heterocycles. The van der Waals surface area contributed by atoms with Crippen molar-refractivity contribution >= 4 is 22.4 Å². The Bertz CT molecular complexity index is 1510. The second-order valence-electron chi connectivity index (χ2n) is 9.48. The maximum Gasteiger partial charge on any atom is 0.573 e. The summed E-state index contributed by atoms with van der Waals surface area (Å²) in [6.07, 6.45) is -4.78. The van der Waals surface area contributed by atoms with Crippen molar-refractivity contribution in [1.29, 1.82) is 0 Å². The minimum atomic E-state index is -4.78. The first kappa shape index (κ1) is 25.6. The second kappa shape index (κ2) is 9.05. The number of amides is 1. The first-order chi connectivity index (χ1) is 17.9. The number of benzene rings is 1. The Hall–Kier alpha value is -4.06. The van der Waals surface area contributed by atoms with E-state index in [9.17, 15) is 18.0 Å². The maximum absolute atomic E-state index is 13.6. The molecule has 0 saturated carbocycles. The predicted molar refractivity (Wildman–Crippen MR) is 134 cm³/mol. The highest BCUT2D eigenvalue weighted by atomic mass is 32.1. The molecule has 0 spiro atoms. The predicted octanol–water partition coefficient (Wildman–Crippen LogP) is 6.28. The van der Waals surface area contributed by atoms with Gasteiger partial charge in [0.15, 0.2) is 0 Å². The summed E-state index contributed by atoms with van der Waals surface area (Å²) in [4.78, 5) is 22.8. The number of nitrogens with one attached hydrogen (secondary N) is 1. The van der Waals surface area contributed by atoms with Crippen molar-refractivity contribution in [2.45, 2.75) is 39.5 Å². The van der Waals surface area contributed by atoms with Crippen molar-refractivity contribution in [3.05, 3.63) is 70.9 Å². The highest BCUT2D eigenvalue weighted by Gasteiger charge is 2.54. The van der Waals surface area contributed by atoms with E-state index in [1.165, 1.54) is 41.1 Å². The fourth-order valence-electron chi connectivity index (χ4n) is 4.50. The Morgan fingerprint density at radius 1 is 1.00 bits per heavy atom. The highest BCUT2D eigenvalue weighted by Crippen LogP contribution is 2.55. The first-order valence-corrected chi connectivity index (χ1v) is 12.4. The van der Waals surface area contributed by atoms with E-state index in [1.807, 2.05) is 45.9 Å². The zero-order chi connectivity index (χ0) is 27.3. The van der Waals surface area contributed by atoms with E-state index in [0.29, 0.717) is 27.8 Å². The number of pyridine rings is 2. The summed E-state index contributed by atoms with van der Waals surface area (Å²) in [5.74, 6) is -0.0290. The SMILES string of the molecule is Cc1ccc2c(n1)Oc1nc(-c3ccc(OC(F)(F)F)cc3)ccc1C2(C)C(C)(C)C(=O)Nc1nncs1. The van der Waals surface area contributed by atoms with E-state index in [2.05, 4.69) is 30.2 Å². The van der Waals surface area contributed by atoms with Crippen LogP contribution in [0.4, 0.5) is 18.3 Å². The van der Waals surface area contributed by atoms with Gasteiger partial charge in [0.05, 0.1) is 11.1 Å². The molecular weight excluding hydrogens is 519 g/mol. The third-order valence-electron chi connectivity index (χ3n) is 6.91. The van der Waals surface area contributed by atoms with Crippen LogP contribution in [-0.4, -0.2) is 32.4 Å². The van der Waals surface area contributed by atoms with Crippen LogP contribution in [0.25, 0.3) is 11.3 Å². The van der Waals surface area contributed by atoms with Crippen molar-refractivity contribution in [3.63, 3.8) is 0 Å². The first-order valence-electron chi connectivity index (χ1n) is 11.5. The van der Waals surface area contributed by atoms with Crippen LogP contribution in [0.2, 0.25) is 0 Å². The fraction of sp³-hybridized carbons (Fsp3) is 0.269. The van der Waals surface area contributed by atoms with Gasteiger partial charge in [-0.15, -0.1) is 23.4 Å². The lowest BCUT2D eigenvalue weighted by molar-refractivity contribution is -0.274. The molecular formula is C26H22F3N5O3S. The third-order valence-corrected chi connectivity index (χ3v) is 7.52. The number of hydrogen-bond donors (Lipinski definition) is 1. The largest absolute Gasteiger partial charge is 0.573 e.